The molecule has 0 amide bonds. The van der Waals surface area contributed by atoms with E-state index in [1.165, 1.54) is 0 Å². The molecule has 0 saturated heterocycles. The number of aromatic nitrogens is 3. The van der Waals surface area contributed by atoms with Crippen molar-refractivity contribution in [3.05, 3.63) is 103 Å². The number of allylic oxidation sites excluding steroid dienone is 4. The number of nitrogens with one attached hydrogen (secondary N) is 1. The van der Waals surface area contributed by atoms with Crippen LogP contribution in [-0.4, -0.2) is 26.5 Å². The van der Waals surface area contributed by atoms with Gasteiger partial charge in [0.1, 0.15) is 11.5 Å². The van der Waals surface area contributed by atoms with E-state index in [4.69, 9.17) is 21.3 Å². The average molecular weight is 714 g/mol. The van der Waals surface area contributed by atoms with E-state index in [2.05, 4.69) is 36.0 Å². The number of imidazole rings is 1. The molecule has 6 nitrogen and oxygen atoms in total. The number of fused-ring (bicyclic) bond motifs is 1. The molecule has 180 valence electrons. The summed E-state index contributed by atoms with van der Waals surface area (Å²) in [6, 6.07) is 9.25. The Morgan fingerprint density at radius 2 is 2.11 bits per heavy atom. The van der Waals surface area contributed by atoms with Crippen LogP contribution in [0.1, 0.15) is 42.2 Å². The Labute approximate surface area is 236 Å². The Kier molecular flexibility index (Phi) is 10.3. The molecule has 1 aromatic carbocycles. The summed E-state index contributed by atoms with van der Waals surface area (Å²) >= 11 is 6.78. The average Bonchev–Trinajstić information content (AvgIpc) is 3.40. The SMILES string of the molecule is C=C(/C=C\C(=C/CC)OC)c1c(-c2ccc[c-]c2C)cn2c1C(Cl)=NC(c1nccn1C)N2.[CH3-].[U+2]. The van der Waals surface area contributed by atoms with Crippen LogP contribution in [0, 0.1) is 51.5 Å². The third-order valence-electron chi connectivity index (χ3n) is 5.57. The van der Waals surface area contributed by atoms with Crippen LogP contribution in [0.25, 0.3) is 16.7 Å². The van der Waals surface area contributed by atoms with Gasteiger partial charge in [-0.3, -0.25) is 10.1 Å². The van der Waals surface area contributed by atoms with Crippen LogP contribution in [0.5, 0.6) is 0 Å². The first kappa shape index (κ1) is 28.8. The Balaban J connectivity index is 0.00000216. The summed E-state index contributed by atoms with van der Waals surface area (Å²) < 4.78 is 9.29. The molecule has 3 heterocycles. The zero-order valence-electron chi connectivity index (χ0n) is 20.8. The zero-order valence-corrected chi connectivity index (χ0v) is 25.7. The van der Waals surface area contributed by atoms with Crippen LogP contribution in [0.3, 0.4) is 0 Å². The topological polar surface area (TPSA) is 56.4 Å². The van der Waals surface area contributed by atoms with E-state index < -0.39 is 6.17 Å². The normalized spacial score (nSPS) is 14.9. The molecule has 0 aliphatic carbocycles. The van der Waals surface area contributed by atoms with Gasteiger partial charge >= 0.3 is 31.1 Å². The first-order chi connectivity index (χ1) is 15.9. The van der Waals surface area contributed by atoms with Crippen LogP contribution in [-0.2, 0) is 11.8 Å². The van der Waals surface area contributed by atoms with Crippen molar-refractivity contribution in [2.45, 2.75) is 26.4 Å². The van der Waals surface area contributed by atoms with E-state index in [1.807, 2.05) is 66.0 Å². The van der Waals surface area contributed by atoms with Gasteiger partial charge in [0.05, 0.1) is 7.11 Å². The number of hydrogen-bond acceptors (Lipinski definition) is 4. The molecule has 2 aromatic heterocycles. The number of aliphatic imine (C=N–C) groups is 1. The second-order valence-corrected chi connectivity index (χ2v) is 8.13. The molecule has 8 heteroatoms. The van der Waals surface area contributed by atoms with Gasteiger partial charge in [0, 0.05) is 31.2 Å². The third kappa shape index (κ3) is 5.86. The van der Waals surface area contributed by atoms with Gasteiger partial charge in [0.25, 0.3) is 0 Å². The Bertz CT molecular complexity index is 1280. The van der Waals surface area contributed by atoms with E-state index >= 15 is 0 Å². The fourth-order valence-electron chi connectivity index (χ4n) is 3.93. The minimum Gasteiger partial charge on any atom is -0.497 e. The van der Waals surface area contributed by atoms with Gasteiger partial charge < -0.3 is 16.7 Å². The number of ether oxygens (including phenoxy) is 1. The van der Waals surface area contributed by atoms with Crippen molar-refractivity contribution in [1.29, 1.82) is 0 Å². The molecule has 4 rings (SSSR count). The largest absolute Gasteiger partial charge is 2.00 e. The summed E-state index contributed by atoms with van der Waals surface area (Å²) in [5.41, 5.74) is 8.97. The molecule has 1 unspecified atom stereocenters. The number of halogens is 1. The van der Waals surface area contributed by atoms with Crippen molar-refractivity contribution in [2.24, 2.45) is 12.0 Å². The number of rotatable bonds is 7. The van der Waals surface area contributed by atoms with E-state index in [0.29, 0.717) is 5.17 Å². The number of hydrogen-bond donors (Lipinski definition) is 1. The minimum atomic E-state index is -0.405. The van der Waals surface area contributed by atoms with Crippen molar-refractivity contribution < 1.29 is 35.9 Å². The van der Waals surface area contributed by atoms with Gasteiger partial charge in [-0.2, -0.15) is 29.8 Å². The number of aryl methyl sites for hydroxylation is 2. The first-order valence-electron chi connectivity index (χ1n) is 10.8. The molecule has 0 saturated carbocycles. The molecule has 35 heavy (non-hydrogen) atoms. The van der Waals surface area contributed by atoms with Crippen molar-refractivity contribution in [2.75, 3.05) is 12.5 Å². The smallest absolute Gasteiger partial charge is 0.497 e. The molecule has 0 fully saturated rings. The molecule has 0 spiro atoms. The van der Waals surface area contributed by atoms with Crippen LogP contribution in [0.15, 0.2) is 72.3 Å². The second-order valence-electron chi connectivity index (χ2n) is 7.77. The Morgan fingerprint density at radius 3 is 2.74 bits per heavy atom. The first-order valence-corrected chi connectivity index (χ1v) is 11.1. The molecule has 0 radical (unpaired) electrons. The Morgan fingerprint density at radius 1 is 1.34 bits per heavy atom. The maximum Gasteiger partial charge on any atom is 2.00 e. The fraction of sp³-hybridized carbons (Fsp3) is 0.222. The van der Waals surface area contributed by atoms with Crippen LogP contribution in [0.2, 0.25) is 0 Å². The zero-order chi connectivity index (χ0) is 23.5. The van der Waals surface area contributed by atoms with Crippen molar-refractivity contribution in [3.8, 4) is 11.1 Å². The summed E-state index contributed by atoms with van der Waals surface area (Å²) in [5.74, 6) is 1.55. The van der Waals surface area contributed by atoms with Gasteiger partial charge in [-0.25, -0.2) is 9.98 Å². The van der Waals surface area contributed by atoms with Crippen LogP contribution in [0.4, 0.5) is 0 Å². The van der Waals surface area contributed by atoms with Gasteiger partial charge in [0.15, 0.2) is 17.2 Å². The van der Waals surface area contributed by atoms with Crippen molar-refractivity contribution in [1.82, 2.24) is 14.2 Å². The predicted octanol–water partition coefficient (Wildman–Crippen LogP) is 6.20. The monoisotopic (exact) mass is 713 g/mol. The number of benzene rings is 1. The summed E-state index contributed by atoms with van der Waals surface area (Å²) in [7, 11) is 3.59. The van der Waals surface area contributed by atoms with E-state index in [-0.39, 0.29) is 38.5 Å². The fourth-order valence-corrected chi connectivity index (χ4v) is 4.21. The summed E-state index contributed by atoms with van der Waals surface area (Å²) in [5, 5.41) is 0.395. The predicted molar refractivity (Wildman–Crippen MR) is 141 cm³/mol. The van der Waals surface area contributed by atoms with E-state index in [9.17, 15) is 0 Å². The van der Waals surface area contributed by atoms with Gasteiger partial charge in [-0.05, 0) is 29.7 Å². The van der Waals surface area contributed by atoms with Gasteiger partial charge in [-0.1, -0.05) is 38.1 Å². The molecule has 1 aliphatic heterocycles. The van der Waals surface area contributed by atoms with E-state index in [0.717, 1.165) is 51.5 Å². The van der Waals surface area contributed by atoms with Crippen LogP contribution >= 0.6 is 11.6 Å². The number of nitrogens with zero attached hydrogens (tertiary/aromatic N) is 4. The summed E-state index contributed by atoms with van der Waals surface area (Å²) in [6.45, 7) is 8.46. The standard InChI is InChI=1S/C26H27ClN5O.CH3.U/c1-6-9-19(33-5)13-12-18(3)22-21(20-11-8-7-10-17(20)2)16-32-23(22)24(27)29-25(30-32)26-28-14-15-31(26)4;;/h7-9,11-16,25,30H,3,6H2,1-2,4-5H3;1H3;/q2*-1;+2/b13-12-,19-9+;;. The van der Waals surface area contributed by atoms with Crippen molar-refractivity contribution in [3.63, 3.8) is 0 Å². The molecular formula is C27H30ClN5OU. The van der Waals surface area contributed by atoms with Crippen LogP contribution < -0.4 is 5.43 Å². The summed E-state index contributed by atoms with van der Waals surface area (Å²) in [6.07, 6.45) is 12.0. The second kappa shape index (κ2) is 12.5. The number of methoxy groups -OCH3 is 1. The molecule has 1 N–H and O–H groups in total. The summed E-state index contributed by atoms with van der Waals surface area (Å²) in [4.78, 5) is 9.12. The minimum absolute atomic E-state index is 0. The molecule has 1 atom stereocenters. The Hall–Kier alpha value is -2.46. The quantitative estimate of drug-likeness (QED) is 0.180. The van der Waals surface area contributed by atoms with E-state index in [1.54, 1.807) is 13.3 Å². The van der Waals surface area contributed by atoms with Crippen molar-refractivity contribution >= 4 is 22.3 Å². The maximum absolute atomic E-state index is 6.78. The maximum atomic E-state index is 6.78. The molecular weight excluding hydrogens is 684 g/mol. The van der Waals surface area contributed by atoms with Gasteiger partial charge in [0.2, 0.25) is 0 Å². The molecule has 0 bridgehead atoms. The third-order valence-corrected chi connectivity index (χ3v) is 5.85. The molecule has 3 aromatic rings. The molecule has 1 aliphatic rings. The van der Waals surface area contributed by atoms with Gasteiger partial charge in [-0.15, -0.1) is 5.56 Å².